The quantitative estimate of drug-likeness (QED) is 0.729. The fourth-order valence-electron chi connectivity index (χ4n) is 3.05. The van der Waals surface area contributed by atoms with Crippen molar-refractivity contribution < 1.29 is 5.11 Å². The highest BCUT2D eigenvalue weighted by Gasteiger charge is 2.24. The van der Waals surface area contributed by atoms with Crippen LogP contribution < -0.4 is 5.32 Å². The first-order valence-electron chi connectivity index (χ1n) is 7.45. The average molecular weight is 413 g/mol. The summed E-state index contributed by atoms with van der Waals surface area (Å²) in [5.41, 5.74) is 2.74. The number of hydrogen-bond acceptors (Lipinski definition) is 3. The standard InChI is InChI=1S/C17H20INOS/c18-17-10-14-15(7-4-8-16(14)21-17)19-13(11-20)9-12-5-2-1-3-6-12/h1-3,5-6,10,13,15,19-20H,4,7-9,11H2. The number of aryl methyl sites for hydroxylation is 1. The van der Waals surface area contributed by atoms with Crippen molar-refractivity contribution >= 4 is 33.9 Å². The summed E-state index contributed by atoms with van der Waals surface area (Å²) in [4.78, 5) is 1.53. The Kier molecular flexibility index (Phi) is 5.32. The maximum atomic E-state index is 9.71. The first-order valence-corrected chi connectivity index (χ1v) is 9.34. The Morgan fingerprint density at radius 2 is 2.14 bits per heavy atom. The predicted molar refractivity (Wildman–Crippen MR) is 96.9 cm³/mol. The molecule has 112 valence electrons. The van der Waals surface area contributed by atoms with E-state index in [0.29, 0.717) is 6.04 Å². The Hall–Kier alpha value is -0.430. The van der Waals surface area contributed by atoms with Crippen LogP contribution in [0.2, 0.25) is 0 Å². The molecule has 0 saturated heterocycles. The lowest BCUT2D eigenvalue weighted by Crippen LogP contribution is -2.38. The van der Waals surface area contributed by atoms with Gasteiger partial charge in [-0.3, -0.25) is 0 Å². The molecule has 1 aliphatic carbocycles. The molecule has 21 heavy (non-hydrogen) atoms. The van der Waals surface area contributed by atoms with E-state index < -0.39 is 0 Å². The van der Waals surface area contributed by atoms with Crippen LogP contribution >= 0.6 is 33.9 Å². The van der Waals surface area contributed by atoms with Gasteiger partial charge in [0.05, 0.1) is 9.49 Å². The van der Waals surface area contributed by atoms with Crippen molar-refractivity contribution in [1.82, 2.24) is 5.32 Å². The topological polar surface area (TPSA) is 32.3 Å². The molecule has 0 bridgehead atoms. The van der Waals surface area contributed by atoms with Crippen LogP contribution in [0.25, 0.3) is 0 Å². The molecule has 1 aromatic carbocycles. The summed E-state index contributed by atoms with van der Waals surface area (Å²) in [5, 5.41) is 13.4. The second-order valence-corrected chi connectivity index (χ2v) is 8.64. The van der Waals surface area contributed by atoms with E-state index in [9.17, 15) is 5.11 Å². The zero-order valence-electron chi connectivity index (χ0n) is 11.9. The number of aliphatic hydroxyl groups excluding tert-OH is 1. The summed E-state index contributed by atoms with van der Waals surface area (Å²) in [6.45, 7) is 0.182. The van der Waals surface area contributed by atoms with Crippen molar-refractivity contribution in [3.8, 4) is 0 Å². The van der Waals surface area contributed by atoms with Crippen LogP contribution in [0.3, 0.4) is 0 Å². The lowest BCUT2D eigenvalue weighted by atomic mass is 9.93. The molecule has 1 aromatic heterocycles. The first kappa shape index (κ1) is 15.5. The Morgan fingerprint density at radius 1 is 1.33 bits per heavy atom. The molecule has 2 atom stereocenters. The second-order valence-electron chi connectivity index (χ2n) is 5.61. The molecule has 0 saturated carbocycles. The molecule has 3 rings (SSSR count). The Balaban J connectivity index is 1.70. The van der Waals surface area contributed by atoms with Gasteiger partial charge in [0.2, 0.25) is 0 Å². The number of hydrogen-bond donors (Lipinski definition) is 2. The van der Waals surface area contributed by atoms with Crippen molar-refractivity contribution in [3.63, 3.8) is 0 Å². The van der Waals surface area contributed by atoms with Gasteiger partial charge in [-0.1, -0.05) is 30.3 Å². The number of fused-ring (bicyclic) bond motifs is 1. The van der Waals surface area contributed by atoms with Crippen LogP contribution in [0.5, 0.6) is 0 Å². The average Bonchev–Trinajstić information content (AvgIpc) is 2.89. The van der Waals surface area contributed by atoms with Crippen LogP contribution in [0.1, 0.15) is 34.9 Å². The van der Waals surface area contributed by atoms with Crippen LogP contribution in [-0.2, 0) is 12.8 Å². The SMILES string of the molecule is OCC(Cc1ccccc1)NC1CCCc2sc(I)cc21. The molecule has 2 N–H and O–H groups in total. The summed E-state index contributed by atoms with van der Waals surface area (Å²) in [6, 6.07) is 13.2. The fourth-order valence-corrected chi connectivity index (χ4v) is 5.17. The lowest BCUT2D eigenvalue weighted by molar-refractivity contribution is 0.226. The lowest BCUT2D eigenvalue weighted by Gasteiger charge is -2.28. The molecule has 2 aromatic rings. The minimum Gasteiger partial charge on any atom is -0.395 e. The van der Waals surface area contributed by atoms with E-state index in [2.05, 4.69) is 58.2 Å². The van der Waals surface area contributed by atoms with Gasteiger partial charge in [-0.15, -0.1) is 11.3 Å². The highest BCUT2D eigenvalue weighted by Crippen LogP contribution is 2.36. The van der Waals surface area contributed by atoms with Gasteiger partial charge in [0.15, 0.2) is 0 Å². The number of halogens is 1. The van der Waals surface area contributed by atoms with Crippen molar-refractivity contribution in [2.24, 2.45) is 0 Å². The maximum absolute atomic E-state index is 9.71. The first-order chi connectivity index (χ1) is 10.3. The minimum absolute atomic E-state index is 0.126. The number of nitrogens with one attached hydrogen (secondary N) is 1. The zero-order chi connectivity index (χ0) is 14.7. The van der Waals surface area contributed by atoms with Gasteiger partial charge in [-0.2, -0.15) is 0 Å². The van der Waals surface area contributed by atoms with Crippen LogP contribution in [0.15, 0.2) is 36.4 Å². The molecule has 0 aliphatic heterocycles. The van der Waals surface area contributed by atoms with Gasteiger partial charge in [-0.05, 0) is 65.5 Å². The molecule has 0 radical (unpaired) electrons. The highest BCUT2D eigenvalue weighted by molar-refractivity contribution is 14.1. The Bertz CT molecular complexity index is 584. The number of thiophene rings is 1. The molecule has 0 spiro atoms. The monoisotopic (exact) mass is 413 g/mol. The number of aliphatic hydroxyl groups is 1. The van der Waals surface area contributed by atoms with E-state index in [0.717, 1.165) is 6.42 Å². The number of benzene rings is 1. The molecule has 4 heteroatoms. The zero-order valence-corrected chi connectivity index (χ0v) is 14.9. The molecule has 2 nitrogen and oxygen atoms in total. The van der Waals surface area contributed by atoms with E-state index >= 15 is 0 Å². The third-order valence-electron chi connectivity index (χ3n) is 4.07. The van der Waals surface area contributed by atoms with Crippen molar-refractivity contribution in [1.29, 1.82) is 0 Å². The largest absolute Gasteiger partial charge is 0.395 e. The highest BCUT2D eigenvalue weighted by atomic mass is 127. The smallest absolute Gasteiger partial charge is 0.0659 e. The third-order valence-corrected chi connectivity index (χ3v) is 6.04. The van der Waals surface area contributed by atoms with Gasteiger partial charge < -0.3 is 10.4 Å². The van der Waals surface area contributed by atoms with E-state index in [1.165, 1.54) is 38.2 Å². The van der Waals surface area contributed by atoms with Gasteiger partial charge >= 0.3 is 0 Å². The van der Waals surface area contributed by atoms with E-state index in [-0.39, 0.29) is 12.6 Å². The number of rotatable bonds is 5. The van der Waals surface area contributed by atoms with Gasteiger partial charge in [0, 0.05) is 17.0 Å². The summed E-state index contributed by atoms with van der Waals surface area (Å²) in [7, 11) is 0. The summed E-state index contributed by atoms with van der Waals surface area (Å²) < 4.78 is 1.37. The van der Waals surface area contributed by atoms with Crippen molar-refractivity contribution in [2.75, 3.05) is 6.61 Å². The van der Waals surface area contributed by atoms with E-state index in [1.807, 2.05) is 17.4 Å². The van der Waals surface area contributed by atoms with Gasteiger partial charge in [-0.25, -0.2) is 0 Å². The molecule has 0 amide bonds. The normalized spacial score (nSPS) is 19.2. The van der Waals surface area contributed by atoms with Gasteiger partial charge in [0.25, 0.3) is 0 Å². The second kappa shape index (κ2) is 7.22. The van der Waals surface area contributed by atoms with Crippen LogP contribution in [-0.4, -0.2) is 17.8 Å². The van der Waals surface area contributed by atoms with Crippen LogP contribution in [0, 0.1) is 2.88 Å². The summed E-state index contributed by atoms with van der Waals surface area (Å²) in [5.74, 6) is 0. The molecule has 1 heterocycles. The van der Waals surface area contributed by atoms with Crippen molar-refractivity contribution in [3.05, 3.63) is 55.3 Å². The molecular weight excluding hydrogens is 393 g/mol. The fraction of sp³-hybridized carbons (Fsp3) is 0.412. The predicted octanol–water partition coefficient (Wildman–Crippen LogP) is 3.92. The maximum Gasteiger partial charge on any atom is 0.0659 e. The van der Waals surface area contributed by atoms with E-state index in [4.69, 9.17) is 0 Å². The minimum atomic E-state index is 0.126. The van der Waals surface area contributed by atoms with E-state index in [1.54, 1.807) is 0 Å². The molecule has 2 unspecified atom stereocenters. The molecule has 1 aliphatic rings. The summed E-state index contributed by atoms with van der Waals surface area (Å²) in [6.07, 6.45) is 4.50. The summed E-state index contributed by atoms with van der Waals surface area (Å²) >= 11 is 4.33. The third kappa shape index (κ3) is 3.86. The van der Waals surface area contributed by atoms with Crippen LogP contribution in [0.4, 0.5) is 0 Å². The molecular formula is C17H20INOS. The van der Waals surface area contributed by atoms with Crippen molar-refractivity contribution in [2.45, 2.75) is 37.8 Å². The molecule has 0 fully saturated rings. The Labute approximate surface area is 143 Å². The van der Waals surface area contributed by atoms with Gasteiger partial charge in [0.1, 0.15) is 0 Å². The Morgan fingerprint density at radius 3 is 2.90 bits per heavy atom.